The smallest absolute Gasteiger partial charge is 0.207 e. The number of ether oxygens (including phenoxy) is 3. The quantitative estimate of drug-likeness (QED) is 0.489. The molecular weight excluding hydrogens is 194 g/mol. The summed E-state index contributed by atoms with van der Waals surface area (Å²) in [6.07, 6.45) is -0.0666. The highest BCUT2D eigenvalue weighted by Crippen LogP contribution is 2.11. The third-order valence-electron chi connectivity index (χ3n) is 2.85. The molecule has 0 aromatic heterocycles. The standard InChI is InChI=1S/C11H24NO3/c1-4-14-11(15-5-2)10-12(3)6-8-13-9-7-12/h11H,4-10H2,1-3H3/q+1. The third kappa shape index (κ3) is 4.47. The highest BCUT2D eigenvalue weighted by molar-refractivity contribution is 4.50. The summed E-state index contributed by atoms with van der Waals surface area (Å²) in [6.45, 7) is 10.2. The Kier molecular flexibility index (Phi) is 5.53. The van der Waals surface area contributed by atoms with Crippen LogP contribution in [-0.2, 0) is 14.2 Å². The highest BCUT2D eigenvalue weighted by Gasteiger charge is 2.29. The molecule has 0 radical (unpaired) electrons. The average Bonchev–Trinajstić information content (AvgIpc) is 2.19. The summed E-state index contributed by atoms with van der Waals surface area (Å²) in [7, 11) is 2.24. The first-order valence-corrected chi connectivity index (χ1v) is 5.84. The van der Waals surface area contributed by atoms with Gasteiger partial charge in [0.05, 0.1) is 20.3 Å². The molecular formula is C11H24NO3+. The van der Waals surface area contributed by atoms with Crippen LogP contribution in [0.15, 0.2) is 0 Å². The Hall–Kier alpha value is -0.160. The van der Waals surface area contributed by atoms with Crippen molar-refractivity contribution in [2.75, 3.05) is 53.1 Å². The normalized spacial score (nSPS) is 20.8. The zero-order valence-electron chi connectivity index (χ0n) is 10.2. The molecule has 0 unspecified atom stereocenters. The molecule has 4 nitrogen and oxygen atoms in total. The predicted molar refractivity (Wildman–Crippen MR) is 58.6 cm³/mol. The van der Waals surface area contributed by atoms with Gasteiger partial charge in [0, 0.05) is 13.2 Å². The maximum Gasteiger partial charge on any atom is 0.207 e. The molecule has 90 valence electrons. The van der Waals surface area contributed by atoms with Crippen LogP contribution in [-0.4, -0.2) is 63.9 Å². The van der Waals surface area contributed by atoms with Crippen LogP contribution in [0, 0.1) is 0 Å². The number of hydrogen-bond donors (Lipinski definition) is 0. The lowest BCUT2D eigenvalue weighted by Gasteiger charge is -2.39. The van der Waals surface area contributed by atoms with E-state index in [-0.39, 0.29) is 6.29 Å². The van der Waals surface area contributed by atoms with Crippen LogP contribution in [0.2, 0.25) is 0 Å². The van der Waals surface area contributed by atoms with Gasteiger partial charge in [-0.05, 0) is 13.8 Å². The van der Waals surface area contributed by atoms with Crippen molar-refractivity contribution in [3.63, 3.8) is 0 Å². The molecule has 1 aliphatic rings. The molecule has 0 spiro atoms. The van der Waals surface area contributed by atoms with Gasteiger partial charge in [-0.1, -0.05) is 0 Å². The minimum Gasteiger partial charge on any atom is -0.370 e. The number of morpholine rings is 1. The summed E-state index contributed by atoms with van der Waals surface area (Å²) in [5.41, 5.74) is 0. The van der Waals surface area contributed by atoms with Crippen LogP contribution < -0.4 is 0 Å². The topological polar surface area (TPSA) is 27.7 Å². The summed E-state index contributed by atoms with van der Waals surface area (Å²) in [4.78, 5) is 0. The molecule has 0 atom stereocenters. The van der Waals surface area contributed by atoms with Crippen molar-refractivity contribution < 1.29 is 18.7 Å². The van der Waals surface area contributed by atoms with Gasteiger partial charge in [0.2, 0.25) is 6.29 Å². The summed E-state index contributed by atoms with van der Waals surface area (Å²) in [6, 6.07) is 0. The van der Waals surface area contributed by atoms with E-state index in [0.717, 1.165) is 37.3 Å². The van der Waals surface area contributed by atoms with E-state index in [9.17, 15) is 0 Å². The summed E-state index contributed by atoms with van der Waals surface area (Å²) in [5.74, 6) is 0. The monoisotopic (exact) mass is 218 g/mol. The highest BCUT2D eigenvalue weighted by atomic mass is 16.7. The van der Waals surface area contributed by atoms with Crippen molar-refractivity contribution in [2.45, 2.75) is 20.1 Å². The number of quaternary nitrogens is 1. The van der Waals surface area contributed by atoms with Gasteiger partial charge in [-0.15, -0.1) is 0 Å². The molecule has 1 rings (SSSR count). The lowest BCUT2D eigenvalue weighted by molar-refractivity contribution is -0.922. The Bertz CT molecular complexity index is 163. The number of rotatable bonds is 6. The van der Waals surface area contributed by atoms with E-state index in [1.807, 2.05) is 13.8 Å². The van der Waals surface area contributed by atoms with Crippen molar-refractivity contribution in [1.82, 2.24) is 0 Å². The maximum absolute atomic E-state index is 5.57. The number of hydrogen-bond acceptors (Lipinski definition) is 3. The first kappa shape index (κ1) is 12.9. The molecule has 0 bridgehead atoms. The third-order valence-corrected chi connectivity index (χ3v) is 2.85. The fraction of sp³-hybridized carbons (Fsp3) is 1.00. The van der Waals surface area contributed by atoms with Crippen LogP contribution in [0.25, 0.3) is 0 Å². The SMILES string of the molecule is CCOC(C[N+]1(C)CCOCC1)OCC. The van der Waals surface area contributed by atoms with Crippen molar-refractivity contribution >= 4 is 0 Å². The van der Waals surface area contributed by atoms with Crippen molar-refractivity contribution in [3.8, 4) is 0 Å². The molecule has 0 aliphatic carbocycles. The molecule has 15 heavy (non-hydrogen) atoms. The molecule has 1 saturated heterocycles. The van der Waals surface area contributed by atoms with E-state index in [2.05, 4.69) is 7.05 Å². The van der Waals surface area contributed by atoms with Crippen molar-refractivity contribution in [2.24, 2.45) is 0 Å². The van der Waals surface area contributed by atoms with Gasteiger partial charge < -0.3 is 18.7 Å². The molecule has 0 amide bonds. The molecule has 0 N–H and O–H groups in total. The van der Waals surface area contributed by atoms with E-state index >= 15 is 0 Å². The largest absolute Gasteiger partial charge is 0.370 e. The van der Waals surface area contributed by atoms with E-state index in [1.165, 1.54) is 0 Å². The minimum absolute atomic E-state index is 0.0666. The molecule has 0 saturated carbocycles. The van der Waals surface area contributed by atoms with E-state index < -0.39 is 0 Å². The summed E-state index contributed by atoms with van der Waals surface area (Å²) in [5, 5.41) is 0. The summed E-state index contributed by atoms with van der Waals surface area (Å²) < 4.78 is 17.5. The van der Waals surface area contributed by atoms with Crippen LogP contribution in [0.5, 0.6) is 0 Å². The lowest BCUT2D eigenvalue weighted by atomic mass is 10.3. The van der Waals surface area contributed by atoms with E-state index in [4.69, 9.17) is 14.2 Å². The first-order chi connectivity index (χ1) is 7.20. The fourth-order valence-corrected chi connectivity index (χ4v) is 1.85. The maximum atomic E-state index is 5.57. The predicted octanol–water partition coefficient (Wildman–Crippen LogP) is 0.862. The second-order valence-corrected chi connectivity index (χ2v) is 4.20. The lowest BCUT2D eigenvalue weighted by Crippen LogP contribution is -2.56. The van der Waals surface area contributed by atoms with Gasteiger partial charge in [-0.2, -0.15) is 0 Å². The molecule has 1 fully saturated rings. The second kappa shape index (κ2) is 6.43. The Morgan fingerprint density at radius 2 is 1.67 bits per heavy atom. The van der Waals surface area contributed by atoms with Crippen molar-refractivity contribution in [3.05, 3.63) is 0 Å². The Morgan fingerprint density at radius 3 is 2.13 bits per heavy atom. The molecule has 0 aromatic rings. The zero-order chi connectivity index (χ0) is 11.1. The van der Waals surface area contributed by atoms with Gasteiger partial charge in [0.1, 0.15) is 19.6 Å². The second-order valence-electron chi connectivity index (χ2n) is 4.20. The molecule has 0 aromatic carbocycles. The minimum atomic E-state index is -0.0666. The number of likely N-dealkylation sites (N-methyl/N-ethyl adjacent to an activating group) is 1. The number of nitrogens with zero attached hydrogens (tertiary/aromatic N) is 1. The Labute approximate surface area is 92.7 Å². The van der Waals surface area contributed by atoms with Gasteiger partial charge in [0.25, 0.3) is 0 Å². The molecule has 1 heterocycles. The van der Waals surface area contributed by atoms with Gasteiger partial charge in [-0.25, -0.2) is 0 Å². The Balaban J connectivity index is 2.39. The first-order valence-electron chi connectivity index (χ1n) is 5.84. The summed E-state index contributed by atoms with van der Waals surface area (Å²) >= 11 is 0. The Morgan fingerprint density at radius 1 is 1.13 bits per heavy atom. The van der Waals surface area contributed by atoms with Gasteiger partial charge in [0.15, 0.2) is 0 Å². The fourth-order valence-electron chi connectivity index (χ4n) is 1.85. The van der Waals surface area contributed by atoms with Crippen LogP contribution in [0.4, 0.5) is 0 Å². The zero-order valence-corrected chi connectivity index (χ0v) is 10.2. The van der Waals surface area contributed by atoms with Crippen LogP contribution in [0.1, 0.15) is 13.8 Å². The van der Waals surface area contributed by atoms with Gasteiger partial charge >= 0.3 is 0 Å². The van der Waals surface area contributed by atoms with E-state index in [0.29, 0.717) is 13.2 Å². The van der Waals surface area contributed by atoms with Gasteiger partial charge in [-0.3, -0.25) is 0 Å². The molecule has 1 aliphatic heterocycles. The van der Waals surface area contributed by atoms with Crippen LogP contribution in [0.3, 0.4) is 0 Å². The van der Waals surface area contributed by atoms with Crippen molar-refractivity contribution in [1.29, 1.82) is 0 Å². The van der Waals surface area contributed by atoms with E-state index in [1.54, 1.807) is 0 Å². The average molecular weight is 218 g/mol. The van der Waals surface area contributed by atoms with Crippen LogP contribution >= 0.6 is 0 Å². The molecule has 4 heteroatoms.